The first-order chi connectivity index (χ1) is 15.8. The highest BCUT2D eigenvalue weighted by molar-refractivity contribution is 7.18. The molecule has 0 fully saturated rings. The minimum atomic E-state index is -4.62. The summed E-state index contributed by atoms with van der Waals surface area (Å²) in [5.74, 6) is -0.643. The van der Waals surface area contributed by atoms with Crippen molar-refractivity contribution < 1.29 is 22.7 Å². The maximum Gasteiger partial charge on any atom is 0.419 e. The Morgan fingerprint density at radius 3 is 2.67 bits per heavy atom. The van der Waals surface area contributed by atoms with Crippen LogP contribution >= 0.6 is 22.9 Å². The van der Waals surface area contributed by atoms with E-state index >= 15 is 0 Å². The zero-order valence-electron chi connectivity index (χ0n) is 17.7. The number of hydrogen-bond acceptors (Lipinski definition) is 5. The zero-order chi connectivity index (χ0) is 24.0. The van der Waals surface area contributed by atoms with Gasteiger partial charge in [0.25, 0.3) is 5.91 Å². The average molecular weight is 496 g/mol. The van der Waals surface area contributed by atoms with Gasteiger partial charge in [0.1, 0.15) is 17.4 Å². The summed E-state index contributed by atoms with van der Waals surface area (Å²) in [6, 6.07) is 10.3. The molecular weight excluding hydrogens is 475 g/mol. The summed E-state index contributed by atoms with van der Waals surface area (Å²) in [5, 5.41) is 8.97. The highest BCUT2D eigenvalue weighted by atomic mass is 35.5. The molecule has 0 atom stereocenters. The highest BCUT2D eigenvalue weighted by Crippen LogP contribution is 2.40. The lowest BCUT2D eigenvalue weighted by Crippen LogP contribution is -2.32. The minimum Gasteiger partial charge on any atom is -0.489 e. The predicted octanol–water partition coefficient (Wildman–Crippen LogP) is 6.89. The highest BCUT2D eigenvalue weighted by Gasteiger charge is 2.35. The number of carbonyl (C=O) groups is 1. The molecule has 1 amide bonds. The lowest BCUT2D eigenvalue weighted by Gasteiger charge is -2.19. The number of ether oxygens (including phenoxy) is 1. The van der Waals surface area contributed by atoms with Gasteiger partial charge in [-0.3, -0.25) is 9.69 Å². The van der Waals surface area contributed by atoms with Gasteiger partial charge < -0.3 is 4.74 Å². The minimum absolute atomic E-state index is 0.0536. The Labute approximate surface area is 198 Å². The number of nitrogens with zero attached hydrogens (tertiary/aromatic N) is 3. The molecule has 1 heterocycles. The second-order valence-corrected chi connectivity index (χ2v) is 8.35. The van der Waals surface area contributed by atoms with E-state index in [1.807, 2.05) is 6.92 Å². The average Bonchev–Trinajstić information content (AvgIpc) is 3.27. The van der Waals surface area contributed by atoms with Crippen LogP contribution in [0.3, 0.4) is 0 Å². The van der Waals surface area contributed by atoms with Crippen molar-refractivity contribution in [2.45, 2.75) is 25.9 Å². The maximum absolute atomic E-state index is 13.6. The molecule has 1 aromatic heterocycles. The quantitative estimate of drug-likeness (QED) is 0.303. The van der Waals surface area contributed by atoms with Crippen molar-refractivity contribution in [3.63, 3.8) is 0 Å². The van der Waals surface area contributed by atoms with Gasteiger partial charge in [0, 0.05) is 12.1 Å². The van der Waals surface area contributed by atoms with Crippen LogP contribution in [0.15, 0.2) is 55.1 Å². The van der Waals surface area contributed by atoms with Crippen molar-refractivity contribution in [1.82, 2.24) is 10.2 Å². The van der Waals surface area contributed by atoms with Crippen LogP contribution in [0.2, 0.25) is 5.02 Å². The first-order valence-electron chi connectivity index (χ1n) is 10.1. The smallest absolute Gasteiger partial charge is 0.419 e. The molecule has 0 spiro atoms. The Hall–Kier alpha value is -2.91. The van der Waals surface area contributed by atoms with Gasteiger partial charge >= 0.3 is 6.18 Å². The largest absolute Gasteiger partial charge is 0.489 e. The van der Waals surface area contributed by atoms with E-state index in [9.17, 15) is 18.0 Å². The van der Waals surface area contributed by atoms with Gasteiger partial charge in [-0.25, -0.2) is 0 Å². The topological polar surface area (TPSA) is 55.3 Å². The van der Waals surface area contributed by atoms with Gasteiger partial charge in [-0.2, -0.15) is 13.2 Å². The van der Waals surface area contributed by atoms with Crippen LogP contribution in [0, 0.1) is 0 Å². The Kier molecular flexibility index (Phi) is 8.10. The Bertz CT molecular complexity index is 1130. The van der Waals surface area contributed by atoms with Crippen LogP contribution in [0.1, 0.15) is 35.7 Å². The molecule has 0 aliphatic rings. The first kappa shape index (κ1) is 24.7. The molecule has 0 saturated heterocycles. The Morgan fingerprint density at radius 1 is 1.24 bits per heavy atom. The van der Waals surface area contributed by atoms with Gasteiger partial charge in [-0.1, -0.05) is 61.1 Å². The van der Waals surface area contributed by atoms with Gasteiger partial charge in [0.15, 0.2) is 0 Å². The number of hydrogen-bond donors (Lipinski definition) is 0. The van der Waals surface area contributed by atoms with E-state index in [0.717, 1.165) is 23.8 Å². The van der Waals surface area contributed by atoms with E-state index in [4.69, 9.17) is 16.3 Å². The summed E-state index contributed by atoms with van der Waals surface area (Å²) in [7, 11) is 0. The molecule has 3 aromatic rings. The van der Waals surface area contributed by atoms with Crippen molar-refractivity contribution in [3.05, 3.63) is 71.3 Å². The van der Waals surface area contributed by atoms with Crippen molar-refractivity contribution in [2.75, 3.05) is 18.1 Å². The van der Waals surface area contributed by atoms with Gasteiger partial charge in [-0.15, -0.1) is 10.2 Å². The predicted molar refractivity (Wildman–Crippen MR) is 124 cm³/mol. The molecule has 0 N–H and O–H groups in total. The third-order valence-corrected chi connectivity index (χ3v) is 5.94. The monoisotopic (exact) mass is 495 g/mol. The SMILES string of the molecule is C=CCOc1ccc(-c2nnc(N(CCCC)C(=O)c3ccccc3Cl)s2)cc1C(F)(F)F. The fourth-order valence-electron chi connectivity index (χ4n) is 2.98. The van der Waals surface area contributed by atoms with Crippen LogP contribution in [-0.4, -0.2) is 29.3 Å². The second kappa shape index (κ2) is 10.8. The van der Waals surface area contributed by atoms with E-state index in [1.165, 1.54) is 23.1 Å². The normalized spacial score (nSPS) is 11.3. The number of carbonyl (C=O) groups excluding carboxylic acids is 1. The van der Waals surface area contributed by atoms with Crippen molar-refractivity contribution in [1.29, 1.82) is 0 Å². The standard InChI is InChI=1S/C23H21ClF3N3O2S/c1-3-5-12-30(21(31)16-8-6-7-9-18(16)24)22-29-28-20(33-22)15-10-11-19(32-13-4-2)17(14-15)23(25,26)27/h4,6-11,14H,2-3,5,12-13H2,1H3. The van der Waals surface area contributed by atoms with E-state index in [0.29, 0.717) is 23.6 Å². The number of aromatic nitrogens is 2. The van der Waals surface area contributed by atoms with E-state index in [1.54, 1.807) is 24.3 Å². The second-order valence-electron chi connectivity index (χ2n) is 6.99. The lowest BCUT2D eigenvalue weighted by atomic mass is 10.1. The third kappa shape index (κ3) is 5.91. The fourth-order valence-corrected chi connectivity index (χ4v) is 4.06. The van der Waals surface area contributed by atoms with Gasteiger partial charge in [-0.05, 0) is 36.8 Å². The molecule has 174 valence electrons. The van der Waals surface area contributed by atoms with Crippen molar-refractivity contribution in [2.24, 2.45) is 0 Å². The number of unbranched alkanes of at least 4 members (excludes halogenated alkanes) is 1. The van der Waals surface area contributed by atoms with Crippen LogP contribution in [0.5, 0.6) is 5.75 Å². The van der Waals surface area contributed by atoms with Gasteiger partial charge in [0.2, 0.25) is 5.13 Å². The van der Waals surface area contributed by atoms with Crippen LogP contribution in [-0.2, 0) is 6.18 Å². The molecule has 0 aliphatic heterocycles. The molecule has 0 aliphatic carbocycles. The molecule has 0 unspecified atom stereocenters. The number of alkyl halides is 3. The number of amides is 1. The van der Waals surface area contributed by atoms with Crippen LogP contribution in [0.4, 0.5) is 18.3 Å². The molecule has 2 aromatic carbocycles. The molecular formula is C23H21ClF3N3O2S. The van der Waals surface area contributed by atoms with Crippen molar-refractivity contribution in [3.8, 4) is 16.3 Å². The Balaban J connectivity index is 1.97. The van der Waals surface area contributed by atoms with E-state index < -0.39 is 11.7 Å². The first-order valence-corrected chi connectivity index (χ1v) is 11.3. The van der Waals surface area contributed by atoms with Crippen molar-refractivity contribution >= 4 is 34.0 Å². The Morgan fingerprint density at radius 2 is 2.00 bits per heavy atom. The molecule has 0 radical (unpaired) electrons. The summed E-state index contributed by atoms with van der Waals surface area (Å²) in [5.41, 5.74) is -0.388. The number of anilines is 1. The molecule has 3 rings (SSSR count). The summed E-state index contributed by atoms with van der Waals surface area (Å²) >= 11 is 7.22. The molecule has 33 heavy (non-hydrogen) atoms. The van der Waals surface area contributed by atoms with E-state index in [2.05, 4.69) is 16.8 Å². The van der Waals surface area contributed by atoms with Gasteiger partial charge in [0.05, 0.1) is 16.1 Å². The molecule has 5 nitrogen and oxygen atoms in total. The van der Waals surface area contributed by atoms with E-state index in [-0.39, 0.29) is 34.0 Å². The fraction of sp³-hybridized carbons (Fsp3) is 0.261. The summed E-state index contributed by atoms with van der Waals surface area (Å²) < 4.78 is 45.9. The number of rotatable bonds is 9. The third-order valence-electron chi connectivity index (χ3n) is 4.62. The molecule has 10 heteroatoms. The number of benzene rings is 2. The van der Waals surface area contributed by atoms with Crippen LogP contribution in [0.25, 0.3) is 10.6 Å². The maximum atomic E-state index is 13.6. The molecule has 0 bridgehead atoms. The lowest BCUT2D eigenvalue weighted by molar-refractivity contribution is -0.138. The summed E-state index contributed by atoms with van der Waals surface area (Å²) in [6.45, 7) is 5.75. The molecule has 0 saturated carbocycles. The zero-order valence-corrected chi connectivity index (χ0v) is 19.3. The summed E-state index contributed by atoms with van der Waals surface area (Å²) in [4.78, 5) is 14.6. The summed E-state index contributed by atoms with van der Waals surface area (Å²) in [6.07, 6.45) is -1.71. The number of halogens is 4. The van der Waals surface area contributed by atoms with Crippen LogP contribution < -0.4 is 9.64 Å².